The topological polar surface area (TPSA) is 220 Å². The van der Waals surface area contributed by atoms with Crippen LogP contribution in [0.4, 0.5) is 5.13 Å². The first kappa shape index (κ1) is 31.2. The molecule has 0 aliphatic carbocycles. The van der Waals surface area contributed by atoms with Crippen molar-refractivity contribution in [3.8, 4) is 0 Å². The van der Waals surface area contributed by atoms with Gasteiger partial charge in [-0.1, -0.05) is 5.16 Å². The maximum atomic E-state index is 12.9. The summed E-state index contributed by atoms with van der Waals surface area (Å²) in [6.45, 7) is 1.93. The zero-order chi connectivity index (χ0) is 24.6. The molecule has 0 spiro atoms. The molecule has 2 amide bonds. The molecule has 3 heterocycles. The first-order chi connectivity index (χ1) is 15.4. The molecule has 182 valence electrons. The van der Waals surface area contributed by atoms with Crippen molar-refractivity contribution in [2.45, 2.75) is 44.1 Å². The first-order valence-electron chi connectivity index (χ1n) is 9.31. The third-order valence-electron chi connectivity index (χ3n) is 4.65. The van der Waals surface area contributed by atoms with Crippen molar-refractivity contribution in [3.63, 3.8) is 0 Å². The van der Waals surface area contributed by atoms with E-state index in [1.165, 1.54) is 19.2 Å². The summed E-state index contributed by atoms with van der Waals surface area (Å²) in [5.74, 6) is -5.78. The molecule has 18 heteroatoms. The molecule has 2 atom stereocenters. The number of thiazole rings is 1. The predicted octanol–water partition coefficient (Wildman–Crippen LogP) is -7.08. The van der Waals surface area contributed by atoms with Crippen molar-refractivity contribution < 1.29 is 111 Å². The summed E-state index contributed by atoms with van der Waals surface area (Å²) in [4.78, 5) is 74.1. The van der Waals surface area contributed by atoms with Gasteiger partial charge in [0.25, 0.3) is 11.8 Å². The number of aliphatic carboxylic acids is 2. The van der Waals surface area contributed by atoms with Gasteiger partial charge < -0.3 is 33.7 Å². The summed E-state index contributed by atoms with van der Waals surface area (Å²) in [6.07, 6.45) is -0.578. The minimum absolute atomic E-state index is 0. The molecule has 5 N–H and O–H groups in total. The van der Waals surface area contributed by atoms with Gasteiger partial charge in [-0.3, -0.25) is 19.2 Å². The minimum atomic E-state index is -2.34. The molecule has 2 saturated heterocycles. The van der Waals surface area contributed by atoms with Gasteiger partial charge in [-0.05, 0) is 13.8 Å². The summed E-state index contributed by atoms with van der Waals surface area (Å²) in [5, 5.41) is 26.4. The van der Waals surface area contributed by atoms with Gasteiger partial charge in [-0.25, -0.2) is 14.6 Å². The molecule has 3 rings (SSSR count). The van der Waals surface area contributed by atoms with Crippen LogP contribution in [-0.4, -0.2) is 79.7 Å². The van der Waals surface area contributed by atoms with Crippen LogP contribution in [0.25, 0.3) is 0 Å². The quantitative estimate of drug-likeness (QED) is 0.106. The number of carbonyl (C=O) groups is 5. The number of nitrogens with one attached hydrogen (secondary N) is 1. The second kappa shape index (κ2) is 12.0. The van der Waals surface area contributed by atoms with Crippen LogP contribution < -0.4 is 70.2 Å². The molecular weight excluding hydrogens is 512 g/mol. The third-order valence-corrected chi connectivity index (χ3v) is 5.32. The normalized spacial score (nSPS) is 22.1. The Kier molecular flexibility index (Phi) is 10.7. The van der Waals surface area contributed by atoms with Gasteiger partial charge in [0.15, 0.2) is 10.8 Å². The maximum absolute atomic E-state index is 12.9. The maximum Gasteiger partial charge on any atom is 1.00 e. The van der Waals surface area contributed by atoms with Crippen molar-refractivity contribution >= 4 is 51.9 Å². The summed E-state index contributed by atoms with van der Waals surface area (Å²) in [6, 6.07) is -1.37. The number of aromatic nitrogens is 1. The molecule has 1 aromatic heterocycles. The minimum Gasteiger partial charge on any atom is -1.00 e. The fraction of sp³-hybridized carbons (Fsp3) is 0.471. The van der Waals surface area contributed by atoms with E-state index in [2.05, 4.69) is 15.5 Å². The Morgan fingerprint density at radius 1 is 1.37 bits per heavy atom. The Morgan fingerprint density at radius 3 is 2.51 bits per heavy atom. The molecule has 1 aromatic rings. The second-order valence-corrected chi connectivity index (χ2v) is 8.33. The number of rotatable bonds is 8. The van der Waals surface area contributed by atoms with Crippen molar-refractivity contribution in [1.29, 1.82) is 0 Å². The third kappa shape index (κ3) is 6.51. The van der Waals surface area contributed by atoms with Crippen LogP contribution in [-0.2, 0) is 38.4 Å². The van der Waals surface area contributed by atoms with Crippen LogP contribution in [0.2, 0.25) is 0 Å². The van der Waals surface area contributed by atoms with E-state index in [9.17, 15) is 34.2 Å². The van der Waals surface area contributed by atoms with Crippen LogP contribution in [0.5, 0.6) is 0 Å². The van der Waals surface area contributed by atoms with Gasteiger partial charge in [-0.2, -0.15) is 5.06 Å². The van der Waals surface area contributed by atoms with Crippen LogP contribution in [0, 0.1) is 0 Å². The fourth-order valence-electron chi connectivity index (χ4n) is 2.78. The molecule has 2 fully saturated rings. The molecule has 0 radical (unpaired) electrons. The first-order valence-corrected chi connectivity index (χ1v) is 10.2. The monoisotopic (exact) mass is 533 g/mol. The SMILES string of the molecule is CC(C)(ON=C(C(=O)N[C@H]1CON(C2(C(=O)O)CCC(=O)O2)C1=O)c1csc(N)n1)C(=O)O.[H-].[H-].[Na+].[Na+]. The van der Waals surface area contributed by atoms with Crippen LogP contribution in [0.15, 0.2) is 10.5 Å². The number of oxime groups is 1. The summed E-state index contributed by atoms with van der Waals surface area (Å²) < 4.78 is 4.84. The number of nitrogen functional groups attached to an aromatic ring is 1. The van der Waals surface area contributed by atoms with Gasteiger partial charge in [0.2, 0.25) is 5.60 Å². The van der Waals surface area contributed by atoms with Crippen LogP contribution in [0.1, 0.15) is 35.2 Å². The molecular formula is C17H21N5Na2O10S. The number of nitrogens with two attached hydrogens (primary N) is 1. The van der Waals surface area contributed by atoms with Gasteiger partial charge in [0.1, 0.15) is 18.3 Å². The fourth-order valence-corrected chi connectivity index (χ4v) is 3.33. The molecule has 2 aliphatic heterocycles. The largest absolute Gasteiger partial charge is 1.00 e. The Labute approximate surface area is 248 Å². The number of carbonyl (C=O) groups excluding carboxylic acids is 3. The molecule has 0 bridgehead atoms. The van der Waals surface area contributed by atoms with E-state index in [-0.39, 0.29) is 85.6 Å². The van der Waals surface area contributed by atoms with Crippen LogP contribution >= 0.6 is 11.3 Å². The standard InChI is InChI=1S/C17H19N5O10S.2Na.2H/c1-16(2,13(26)27)32-21-10(8-6-33-15(18)20-8)11(24)19-7-5-30-22(12(7)25)17(14(28)29)4-3-9(23)31-17;;;;/h6-7H,3-5H2,1-2H3,(H2,18,20)(H,19,24)(H,26,27)(H,28,29);;;;/q;2*+1;2*-1/t7-,17?;;;;/m0..../s1. The average Bonchev–Trinajstić information content (AvgIpc) is 3.42. The summed E-state index contributed by atoms with van der Waals surface area (Å²) in [5.41, 5.74) is 0.910. The number of cyclic esters (lactones) is 1. The zero-order valence-electron chi connectivity index (χ0n) is 21.3. The van der Waals surface area contributed by atoms with Crippen molar-refractivity contribution in [3.05, 3.63) is 11.1 Å². The van der Waals surface area contributed by atoms with E-state index in [0.717, 1.165) is 11.3 Å². The van der Waals surface area contributed by atoms with Crippen molar-refractivity contribution in [2.75, 3.05) is 12.3 Å². The van der Waals surface area contributed by atoms with Crippen LogP contribution in [0.3, 0.4) is 0 Å². The summed E-state index contributed by atoms with van der Waals surface area (Å²) in [7, 11) is 0. The molecule has 15 nitrogen and oxygen atoms in total. The zero-order valence-corrected chi connectivity index (χ0v) is 24.1. The number of anilines is 1. The van der Waals surface area contributed by atoms with E-state index in [0.29, 0.717) is 5.06 Å². The smallest absolute Gasteiger partial charge is 1.00 e. The second-order valence-electron chi connectivity index (χ2n) is 7.44. The van der Waals surface area contributed by atoms with Gasteiger partial charge in [-0.15, -0.1) is 11.3 Å². The number of hydroxylamine groups is 2. The summed E-state index contributed by atoms with van der Waals surface area (Å²) >= 11 is 0.974. The number of hydrogen-bond donors (Lipinski definition) is 4. The molecule has 0 saturated carbocycles. The van der Waals surface area contributed by atoms with E-state index >= 15 is 0 Å². The number of ether oxygens (including phenoxy) is 1. The molecule has 35 heavy (non-hydrogen) atoms. The molecule has 0 aromatic carbocycles. The van der Waals surface area contributed by atoms with E-state index in [4.69, 9.17) is 20.1 Å². The average molecular weight is 533 g/mol. The Morgan fingerprint density at radius 2 is 2.03 bits per heavy atom. The number of esters is 1. The number of amides is 2. The van der Waals surface area contributed by atoms with Gasteiger partial charge >= 0.3 is 82.7 Å². The number of carboxylic acid groups (broad SMARTS) is 2. The van der Waals surface area contributed by atoms with E-state index in [1.807, 2.05) is 0 Å². The van der Waals surface area contributed by atoms with Gasteiger partial charge in [0, 0.05) is 11.8 Å². The Hall–Kier alpha value is -1.79. The van der Waals surface area contributed by atoms with E-state index in [1.54, 1.807) is 0 Å². The number of nitrogens with zero attached hydrogens (tertiary/aromatic N) is 3. The van der Waals surface area contributed by atoms with Gasteiger partial charge in [0.05, 0.1) is 6.42 Å². The number of hydrogen-bond acceptors (Lipinski definition) is 12. The van der Waals surface area contributed by atoms with Crippen molar-refractivity contribution in [2.24, 2.45) is 5.16 Å². The predicted molar refractivity (Wildman–Crippen MR) is 109 cm³/mol. The molecule has 1 unspecified atom stereocenters. The van der Waals surface area contributed by atoms with Crippen molar-refractivity contribution in [1.82, 2.24) is 15.4 Å². The Bertz CT molecular complexity index is 1080. The Balaban J connectivity index is 0. The molecule has 2 aliphatic rings. The number of carboxylic acids is 2. The van der Waals surface area contributed by atoms with E-state index < -0.39 is 59.4 Å².